The molecule has 1 aromatic carbocycles. The normalized spacial score (nSPS) is 14.3. The van der Waals surface area contributed by atoms with Crippen LogP contribution in [0.15, 0.2) is 18.2 Å². The van der Waals surface area contributed by atoms with Gasteiger partial charge in [-0.15, -0.1) is 0 Å². The number of rotatable bonds is 5. The van der Waals surface area contributed by atoms with E-state index in [2.05, 4.69) is 4.74 Å². The third kappa shape index (κ3) is 2.72. The number of halogens is 3. The summed E-state index contributed by atoms with van der Waals surface area (Å²) in [5, 5.41) is 19.9. The van der Waals surface area contributed by atoms with Crippen LogP contribution in [0.25, 0.3) is 10.9 Å². The van der Waals surface area contributed by atoms with Gasteiger partial charge in [0.2, 0.25) is 0 Å². The summed E-state index contributed by atoms with van der Waals surface area (Å²) < 4.78 is 46.9. The van der Waals surface area contributed by atoms with Crippen molar-refractivity contribution >= 4 is 22.8 Å². The highest BCUT2D eigenvalue weighted by atomic mass is 19.4. The molecule has 1 unspecified atom stereocenters. The van der Waals surface area contributed by atoms with Gasteiger partial charge in [-0.05, 0) is 25.0 Å². The zero-order valence-electron chi connectivity index (χ0n) is 14.3. The van der Waals surface area contributed by atoms with Gasteiger partial charge >= 0.3 is 18.1 Å². The second-order valence-electron chi connectivity index (χ2n) is 5.68. The number of carboxylic acids is 1. The van der Waals surface area contributed by atoms with Gasteiger partial charge in [-0.25, -0.2) is 9.59 Å². The Morgan fingerprint density at radius 3 is 2.31 bits per heavy atom. The van der Waals surface area contributed by atoms with E-state index in [9.17, 15) is 33.0 Å². The lowest BCUT2D eigenvalue weighted by Crippen LogP contribution is -2.51. The minimum Gasteiger partial charge on any atom is -0.477 e. The lowest BCUT2D eigenvalue weighted by Gasteiger charge is -2.29. The first-order valence-corrected chi connectivity index (χ1v) is 7.82. The summed E-state index contributed by atoms with van der Waals surface area (Å²) in [6.45, 7) is 2.54. The standard InChI is InChI=1S/C17H18F3NO5/c1-4-9-7-6-8-10-11(9)12(13(14(22)23)21(10)3)16(25,17(18,19)20)15(24)26-5-2/h6-8,25H,4-5H2,1-3H3,(H,22,23). The summed E-state index contributed by atoms with van der Waals surface area (Å²) in [5.74, 6) is -3.67. The van der Waals surface area contributed by atoms with Crippen molar-refractivity contribution in [2.24, 2.45) is 7.05 Å². The molecule has 1 heterocycles. The predicted molar refractivity (Wildman–Crippen MR) is 85.8 cm³/mol. The molecular weight excluding hydrogens is 355 g/mol. The molecule has 0 amide bonds. The summed E-state index contributed by atoms with van der Waals surface area (Å²) in [6.07, 6.45) is -5.22. The minimum atomic E-state index is -5.49. The number of aliphatic hydroxyl groups is 1. The molecule has 0 bridgehead atoms. The Kier molecular flexibility index (Phi) is 5.05. The quantitative estimate of drug-likeness (QED) is 0.787. The zero-order valence-corrected chi connectivity index (χ0v) is 14.3. The monoisotopic (exact) mass is 373 g/mol. The second kappa shape index (κ2) is 6.64. The fraction of sp³-hybridized carbons (Fsp3) is 0.412. The highest BCUT2D eigenvalue weighted by Gasteiger charge is 2.64. The van der Waals surface area contributed by atoms with E-state index in [0.29, 0.717) is 5.56 Å². The highest BCUT2D eigenvalue weighted by molar-refractivity contribution is 6.04. The van der Waals surface area contributed by atoms with Crippen molar-refractivity contribution in [2.75, 3.05) is 6.61 Å². The maximum atomic E-state index is 13.8. The Hall–Kier alpha value is -2.55. The van der Waals surface area contributed by atoms with Gasteiger partial charge < -0.3 is 19.5 Å². The number of ether oxygens (including phenoxy) is 1. The van der Waals surface area contributed by atoms with Crippen LogP contribution in [0.3, 0.4) is 0 Å². The Balaban J connectivity index is 3.08. The number of alkyl halides is 3. The number of aromatic nitrogens is 1. The lowest BCUT2D eigenvalue weighted by atomic mass is 9.88. The van der Waals surface area contributed by atoms with Crippen molar-refractivity contribution in [3.8, 4) is 0 Å². The molecule has 0 spiro atoms. The molecule has 0 aliphatic carbocycles. The molecule has 0 aliphatic rings. The van der Waals surface area contributed by atoms with Crippen molar-refractivity contribution in [2.45, 2.75) is 32.0 Å². The summed E-state index contributed by atoms with van der Waals surface area (Å²) in [6, 6.07) is 4.50. The number of carbonyl (C=O) groups is 2. The van der Waals surface area contributed by atoms with Crippen LogP contribution in [0.4, 0.5) is 13.2 Å². The number of carbonyl (C=O) groups excluding carboxylic acids is 1. The first-order valence-electron chi connectivity index (χ1n) is 7.82. The van der Waals surface area contributed by atoms with Gasteiger partial charge in [0.1, 0.15) is 5.69 Å². The number of esters is 1. The first kappa shape index (κ1) is 19.8. The van der Waals surface area contributed by atoms with Crippen LogP contribution in [0.1, 0.15) is 35.5 Å². The molecule has 6 nitrogen and oxygen atoms in total. The number of hydrogen-bond acceptors (Lipinski definition) is 4. The van der Waals surface area contributed by atoms with Crippen molar-refractivity contribution in [1.29, 1.82) is 0 Å². The van der Waals surface area contributed by atoms with Crippen LogP contribution < -0.4 is 0 Å². The smallest absolute Gasteiger partial charge is 0.432 e. The lowest BCUT2D eigenvalue weighted by molar-refractivity contribution is -0.267. The van der Waals surface area contributed by atoms with Crippen molar-refractivity contribution in [3.63, 3.8) is 0 Å². The molecule has 2 rings (SSSR count). The molecule has 0 aliphatic heterocycles. The largest absolute Gasteiger partial charge is 0.477 e. The van der Waals surface area contributed by atoms with Gasteiger partial charge in [-0.1, -0.05) is 19.1 Å². The molecule has 2 N–H and O–H groups in total. The van der Waals surface area contributed by atoms with Gasteiger partial charge in [0.05, 0.1) is 6.61 Å². The van der Waals surface area contributed by atoms with Crippen molar-refractivity contribution in [3.05, 3.63) is 35.0 Å². The number of carboxylic acid groups (broad SMARTS) is 1. The van der Waals surface area contributed by atoms with Crippen LogP contribution in [0.5, 0.6) is 0 Å². The van der Waals surface area contributed by atoms with Crippen LogP contribution in [-0.2, 0) is 28.6 Å². The fourth-order valence-electron chi connectivity index (χ4n) is 3.05. The molecule has 1 aromatic heterocycles. The Bertz CT molecular complexity index is 871. The topological polar surface area (TPSA) is 88.8 Å². The van der Waals surface area contributed by atoms with E-state index in [1.54, 1.807) is 13.0 Å². The molecule has 0 fully saturated rings. The summed E-state index contributed by atoms with van der Waals surface area (Å²) >= 11 is 0. The van der Waals surface area contributed by atoms with Crippen LogP contribution in [0.2, 0.25) is 0 Å². The maximum Gasteiger partial charge on any atom is 0.432 e. The number of benzene rings is 1. The highest BCUT2D eigenvalue weighted by Crippen LogP contribution is 2.46. The number of nitrogens with zero attached hydrogens (tertiary/aromatic N) is 1. The predicted octanol–water partition coefficient (Wildman–Crippen LogP) is 2.75. The number of hydrogen-bond donors (Lipinski definition) is 2. The third-order valence-electron chi connectivity index (χ3n) is 4.24. The van der Waals surface area contributed by atoms with Crippen LogP contribution in [-0.4, -0.2) is 39.5 Å². The number of aryl methyl sites for hydroxylation is 2. The molecule has 9 heteroatoms. The van der Waals surface area contributed by atoms with E-state index in [1.807, 2.05) is 0 Å². The molecule has 2 aromatic rings. The maximum absolute atomic E-state index is 13.8. The van der Waals surface area contributed by atoms with Crippen LogP contribution >= 0.6 is 0 Å². The number of fused-ring (bicyclic) bond motifs is 1. The minimum absolute atomic E-state index is 0.122. The molecule has 0 saturated heterocycles. The molecule has 1 atom stereocenters. The molecular formula is C17H18F3NO5. The van der Waals surface area contributed by atoms with E-state index in [-0.39, 0.29) is 17.3 Å². The fourth-order valence-corrected chi connectivity index (χ4v) is 3.05. The van der Waals surface area contributed by atoms with Crippen LogP contribution in [0, 0.1) is 0 Å². The summed E-state index contributed by atoms with van der Waals surface area (Å²) in [5.41, 5.74) is -5.43. The third-order valence-corrected chi connectivity index (χ3v) is 4.24. The molecule has 26 heavy (non-hydrogen) atoms. The van der Waals surface area contributed by atoms with Gasteiger partial charge in [-0.2, -0.15) is 13.2 Å². The Morgan fingerprint density at radius 2 is 1.85 bits per heavy atom. The second-order valence-corrected chi connectivity index (χ2v) is 5.68. The molecule has 142 valence electrons. The van der Waals surface area contributed by atoms with Gasteiger partial charge in [0.15, 0.2) is 0 Å². The SMILES string of the molecule is CCOC(=O)C(O)(c1c(C(=O)O)n(C)c2cccc(CC)c12)C(F)(F)F. The summed E-state index contributed by atoms with van der Waals surface area (Å²) in [7, 11) is 1.26. The van der Waals surface area contributed by atoms with Crippen molar-refractivity contribution < 1.29 is 37.7 Å². The van der Waals surface area contributed by atoms with Crippen molar-refractivity contribution in [1.82, 2.24) is 4.57 Å². The average Bonchev–Trinajstić information content (AvgIpc) is 2.86. The number of aromatic carboxylic acids is 1. The zero-order chi connectivity index (χ0) is 19.9. The Morgan fingerprint density at radius 1 is 1.23 bits per heavy atom. The van der Waals surface area contributed by atoms with Gasteiger partial charge in [0, 0.05) is 23.5 Å². The van der Waals surface area contributed by atoms with E-state index in [4.69, 9.17) is 0 Å². The molecule has 0 saturated carbocycles. The van der Waals surface area contributed by atoms with E-state index >= 15 is 0 Å². The van der Waals surface area contributed by atoms with E-state index in [0.717, 1.165) is 4.57 Å². The van der Waals surface area contributed by atoms with Gasteiger partial charge in [0.25, 0.3) is 5.60 Å². The molecule has 0 radical (unpaired) electrons. The van der Waals surface area contributed by atoms with Gasteiger partial charge in [-0.3, -0.25) is 0 Å². The van der Waals surface area contributed by atoms with E-state index < -0.39 is 41.6 Å². The van der Waals surface area contributed by atoms with E-state index in [1.165, 1.54) is 26.1 Å². The Labute approximate surface area is 146 Å². The summed E-state index contributed by atoms with van der Waals surface area (Å²) in [4.78, 5) is 23.9. The first-order chi connectivity index (χ1) is 12.0. The average molecular weight is 373 g/mol.